The first-order valence-corrected chi connectivity index (χ1v) is 7.24. The molecule has 2 rings (SSSR count). The Balaban J connectivity index is 2.15. The quantitative estimate of drug-likeness (QED) is 0.596. The Hall–Kier alpha value is -2.74. The van der Waals surface area contributed by atoms with Crippen LogP contribution in [0.3, 0.4) is 0 Å². The van der Waals surface area contributed by atoms with Gasteiger partial charge in [-0.2, -0.15) is 5.10 Å². The number of aliphatic hydroxyl groups is 1. The van der Waals surface area contributed by atoms with Gasteiger partial charge in [-0.05, 0) is 31.9 Å². The van der Waals surface area contributed by atoms with Crippen LogP contribution < -0.4 is 5.32 Å². The molecule has 23 heavy (non-hydrogen) atoms. The molecule has 8 heteroatoms. The number of carbonyl (C=O) groups excluding carboxylic acids is 1. The number of hydrogen-bond donors (Lipinski definition) is 2. The zero-order valence-electron chi connectivity index (χ0n) is 12.7. The maximum Gasteiger partial charge on any atom is 0.294 e. The number of hydrogen-bond acceptors (Lipinski definition) is 5. The van der Waals surface area contributed by atoms with Gasteiger partial charge in [-0.15, -0.1) is 0 Å². The van der Waals surface area contributed by atoms with Gasteiger partial charge in [-0.3, -0.25) is 14.9 Å². The fourth-order valence-electron chi connectivity index (χ4n) is 2.16. The van der Waals surface area contributed by atoms with E-state index in [9.17, 15) is 14.9 Å². The number of nitro benzene ring substituents is 1. The molecule has 0 spiro atoms. The first kappa shape index (κ1) is 16.6. The van der Waals surface area contributed by atoms with E-state index in [2.05, 4.69) is 10.4 Å². The lowest BCUT2D eigenvalue weighted by atomic mass is 10.2. The van der Waals surface area contributed by atoms with Crippen LogP contribution in [0.1, 0.15) is 30.3 Å². The number of rotatable bonds is 7. The van der Waals surface area contributed by atoms with Gasteiger partial charge in [0.15, 0.2) is 5.69 Å². The van der Waals surface area contributed by atoms with Crippen LogP contribution in [0.4, 0.5) is 5.69 Å². The molecule has 0 saturated heterocycles. The number of nitrogens with one attached hydrogen (secondary N) is 1. The molecule has 0 radical (unpaired) electrons. The second-order valence-corrected chi connectivity index (χ2v) is 5.13. The lowest BCUT2D eigenvalue weighted by molar-refractivity contribution is -0.384. The summed E-state index contributed by atoms with van der Waals surface area (Å²) in [5, 5.41) is 26.7. The highest BCUT2D eigenvalue weighted by Gasteiger charge is 2.17. The molecule has 0 aliphatic heterocycles. The molecule has 0 saturated carbocycles. The van der Waals surface area contributed by atoms with Crippen LogP contribution >= 0.6 is 0 Å². The second-order valence-electron chi connectivity index (χ2n) is 5.13. The van der Waals surface area contributed by atoms with Gasteiger partial charge in [0, 0.05) is 24.9 Å². The van der Waals surface area contributed by atoms with E-state index >= 15 is 0 Å². The summed E-state index contributed by atoms with van der Waals surface area (Å²) in [4.78, 5) is 22.7. The molecule has 2 aromatic rings. The normalized spacial score (nSPS) is 11.9. The smallest absolute Gasteiger partial charge is 0.294 e. The Morgan fingerprint density at radius 3 is 2.87 bits per heavy atom. The van der Waals surface area contributed by atoms with Crippen LogP contribution in [0.15, 0.2) is 36.5 Å². The number of amides is 1. The molecule has 1 aromatic carbocycles. The van der Waals surface area contributed by atoms with Crippen LogP contribution in [0.2, 0.25) is 0 Å². The molecule has 0 fully saturated rings. The monoisotopic (exact) mass is 318 g/mol. The van der Waals surface area contributed by atoms with Crippen LogP contribution in [-0.4, -0.2) is 38.4 Å². The van der Waals surface area contributed by atoms with Crippen LogP contribution in [0.25, 0.3) is 5.69 Å². The standard InChI is InChI=1S/C15H18N4O4/c1-11(5-4-10-20)16-15(21)12-8-9-18(17-12)13-6-2-3-7-14(13)19(22)23/h2-3,6-9,11,20H,4-5,10H2,1H3,(H,16,21). The Bertz CT molecular complexity index is 698. The maximum absolute atomic E-state index is 12.1. The molecule has 0 aliphatic carbocycles. The SMILES string of the molecule is CC(CCCO)NC(=O)c1ccn(-c2ccccc2[N+](=O)[O-])n1. The van der Waals surface area contributed by atoms with Gasteiger partial charge in [0.05, 0.1) is 4.92 Å². The first-order valence-electron chi connectivity index (χ1n) is 7.24. The van der Waals surface area contributed by atoms with E-state index in [4.69, 9.17) is 5.11 Å². The van der Waals surface area contributed by atoms with Gasteiger partial charge in [0.25, 0.3) is 11.6 Å². The summed E-state index contributed by atoms with van der Waals surface area (Å²) in [5.41, 5.74) is 0.391. The van der Waals surface area contributed by atoms with E-state index in [1.807, 2.05) is 6.92 Å². The Morgan fingerprint density at radius 1 is 1.43 bits per heavy atom. The number of benzene rings is 1. The van der Waals surface area contributed by atoms with Crippen molar-refractivity contribution in [2.24, 2.45) is 0 Å². The highest BCUT2D eigenvalue weighted by Crippen LogP contribution is 2.21. The highest BCUT2D eigenvalue weighted by molar-refractivity contribution is 5.92. The molecule has 1 heterocycles. The molecule has 8 nitrogen and oxygen atoms in total. The third-order valence-corrected chi connectivity index (χ3v) is 3.32. The molecule has 0 bridgehead atoms. The van der Waals surface area contributed by atoms with Crippen molar-refractivity contribution < 1.29 is 14.8 Å². The molecule has 1 aromatic heterocycles. The third-order valence-electron chi connectivity index (χ3n) is 3.32. The van der Waals surface area contributed by atoms with E-state index in [-0.39, 0.29) is 29.9 Å². The zero-order chi connectivity index (χ0) is 16.8. The van der Waals surface area contributed by atoms with E-state index in [1.165, 1.54) is 23.0 Å². The van der Waals surface area contributed by atoms with Crippen molar-refractivity contribution in [2.75, 3.05) is 6.61 Å². The second kappa shape index (κ2) is 7.50. The van der Waals surface area contributed by atoms with Crippen molar-refractivity contribution in [3.05, 3.63) is 52.3 Å². The fourth-order valence-corrected chi connectivity index (χ4v) is 2.16. The largest absolute Gasteiger partial charge is 0.396 e. The lowest BCUT2D eigenvalue weighted by Crippen LogP contribution is -2.33. The molecule has 1 amide bonds. The lowest BCUT2D eigenvalue weighted by Gasteiger charge is -2.11. The summed E-state index contributed by atoms with van der Waals surface area (Å²) in [7, 11) is 0. The number of para-hydroxylation sites is 2. The fraction of sp³-hybridized carbons (Fsp3) is 0.333. The number of nitro groups is 1. The summed E-state index contributed by atoms with van der Waals surface area (Å²) in [6, 6.07) is 7.60. The number of aliphatic hydroxyl groups excluding tert-OH is 1. The summed E-state index contributed by atoms with van der Waals surface area (Å²) >= 11 is 0. The predicted octanol–water partition coefficient (Wildman–Crippen LogP) is 1.67. The minimum absolute atomic E-state index is 0.0759. The highest BCUT2D eigenvalue weighted by atomic mass is 16.6. The van der Waals surface area contributed by atoms with Crippen LogP contribution in [-0.2, 0) is 0 Å². The van der Waals surface area contributed by atoms with E-state index in [1.54, 1.807) is 18.2 Å². The van der Waals surface area contributed by atoms with E-state index in [0.717, 1.165) is 0 Å². The van der Waals surface area contributed by atoms with Gasteiger partial charge in [-0.1, -0.05) is 12.1 Å². The van der Waals surface area contributed by atoms with Crippen molar-refractivity contribution in [1.82, 2.24) is 15.1 Å². The number of aromatic nitrogens is 2. The molecular formula is C15H18N4O4. The Labute approximate surface area is 132 Å². The van der Waals surface area contributed by atoms with E-state index in [0.29, 0.717) is 18.5 Å². The van der Waals surface area contributed by atoms with Gasteiger partial charge < -0.3 is 10.4 Å². The van der Waals surface area contributed by atoms with Crippen molar-refractivity contribution in [3.8, 4) is 5.69 Å². The van der Waals surface area contributed by atoms with Crippen molar-refractivity contribution in [3.63, 3.8) is 0 Å². The van der Waals surface area contributed by atoms with Crippen molar-refractivity contribution in [1.29, 1.82) is 0 Å². The summed E-state index contributed by atoms with van der Waals surface area (Å²) in [5.74, 6) is -0.354. The molecule has 0 aliphatic rings. The average molecular weight is 318 g/mol. The molecular weight excluding hydrogens is 300 g/mol. The third kappa shape index (κ3) is 4.13. The molecule has 1 unspecified atom stereocenters. The van der Waals surface area contributed by atoms with Crippen molar-refractivity contribution >= 4 is 11.6 Å². The first-order chi connectivity index (χ1) is 11.0. The Kier molecular flexibility index (Phi) is 5.42. The van der Waals surface area contributed by atoms with Gasteiger partial charge in [0.2, 0.25) is 0 Å². The molecule has 122 valence electrons. The minimum atomic E-state index is -0.492. The van der Waals surface area contributed by atoms with Crippen LogP contribution in [0, 0.1) is 10.1 Å². The van der Waals surface area contributed by atoms with E-state index < -0.39 is 4.92 Å². The van der Waals surface area contributed by atoms with Crippen molar-refractivity contribution in [2.45, 2.75) is 25.8 Å². The van der Waals surface area contributed by atoms with Crippen LogP contribution in [0.5, 0.6) is 0 Å². The number of nitrogens with zero attached hydrogens (tertiary/aromatic N) is 3. The zero-order valence-corrected chi connectivity index (χ0v) is 12.7. The number of carbonyl (C=O) groups is 1. The summed E-state index contributed by atoms with van der Waals surface area (Å²) < 4.78 is 1.31. The molecule has 2 N–H and O–H groups in total. The topological polar surface area (TPSA) is 110 Å². The Morgan fingerprint density at radius 2 is 2.17 bits per heavy atom. The van der Waals surface area contributed by atoms with Gasteiger partial charge in [-0.25, -0.2) is 4.68 Å². The minimum Gasteiger partial charge on any atom is -0.396 e. The summed E-state index contributed by atoms with van der Waals surface area (Å²) in [6.45, 7) is 1.92. The maximum atomic E-state index is 12.1. The van der Waals surface area contributed by atoms with Gasteiger partial charge >= 0.3 is 0 Å². The predicted molar refractivity (Wildman–Crippen MR) is 83.5 cm³/mol. The average Bonchev–Trinajstić information content (AvgIpc) is 3.02. The summed E-state index contributed by atoms with van der Waals surface area (Å²) in [6.07, 6.45) is 2.77. The molecule has 1 atom stereocenters. The van der Waals surface area contributed by atoms with Gasteiger partial charge in [0.1, 0.15) is 5.69 Å².